The quantitative estimate of drug-likeness (QED) is 0.761. The number of aliphatic hydroxyl groups is 1. The molecule has 1 saturated carbocycles. The van der Waals surface area contributed by atoms with Crippen molar-refractivity contribution in [2.75, 3.05) is 24.5 Å². The first-order chi connectivity index (χ1) is 12.1. The number of halogens is 1. The summed E-state index contributed by atoms with van der Waals surface area (Å²) in [6, 6.07) is 16.7. The van der Waals surface area contributed by atoms with E-state index in [9.17, 15) is 9.90 Å². The van der Waals surface area contributed by atoms with Crippen LogP contribution in [0.5, 0.6) is 0 Å². The molecule has 2 N–H and O–H groups in total. The van der Waals surface area contributed by atoms with Gasteiger partial charge in [0.25, 0.3) is 5.91 Å². The predicted molar refractivity (Wildman–Crippen MR) is 101 cm³/mol. The molecule has 1 amide bonds. The van der Waals surface area contributed by atoms with Crippen LogP contribution >= 0.6 is 11.6 Å². The number of anilines is 1. The van der Waals surface area contributed by atoms with E-state index in [2.05, 4.69) is 10.2 Å². The Balaban J connectivity index is 1.55. The maximum atomic E-state index is 12.1. The molecule has 0 aliphatic heterocycles. The average Bonchev–Trinajstić information content (AvgIpc) is 3.44. The van der Waals surface area contributed by atoms with Gasteiger partial charge in [-0.15, -0.1) is 0 Å². The Bertz CT molecular complexity index is 687. The van der Waals surface area contributed by atoms with Crippen LogP contribution in [0, 0.1) is 5.92 Å². The Hall–Kier alpha value is -2.04. The molecule has 0 heterocycles. The third-order valence-electron chi connectivity index (χ3n) is 4.33. The van der Waals surface area contributed by atoms with Gasteiger partial charge in [-0.1, -0.05) is 29.8 Å². The molecule has 1 atom stereocenters. The van der Waals surface area contributed by atoms with Crippen molar-refractivity contribution in [3.63, 3.8) is 0 Å². The van der Waals surface area contributed by atoms with Gasteiger partial charge in [0.05, 0.1) is 6.10 Å². The van der Waals surface area contributed by atoms with Crippen molar-refractivity contribution < 1.29 is 9.90 Å². The molecule has 1 fully saturated rings. The number of nitrogens with one attached hydrogen (secondary N) is 1. The minimum atomic E-state index is -0.637. The number of hydrogen-bond acceptors (Lipinski definition) is 3. The monoisotopic (exact) mass is 358 g/mol. The minimum absolute atomic E-state index is 0.167. The molecule has 1 aliphatic rings. The van der Waals surface area contributed by atoms with Gasteiger partial charge in [0, 0.05) is 35.9 Å². The van der Waals surface area contributed by atoms with Gasteiger partial charge in [-0.3, -0.25) is 4.79 Å². The lowest BCUT2D eigenvalue weighted by Crippen LogP contribution is -2.41. The van der Waals surface area contributed by atoms with Gasteiger partial charge in [-0.25, -0.2) is 0 Å². The van der Waals surface area contributed by atoms with E-state index in [1.807, 2.05) is 42.5 Å². The number of amides is 1. The number of nitrogens with zero attached hydrogens (tertiary/aromatic N) is 1. The van der Waals surface area contributed by atoms with Crippen LogP contribution in [0.2, 0.25) is 5.02 Å². The fourth-order valence-corrected chi connectivity index (χ4v) is 2.90. The highest BCUT2D eigenvalue weighted by Gasteiger charge is 2.25. The second-order valence-electron chi connectivity index (χ2n) is 6.55. The van der Waals surface area contributed by atoms with Gasteiger partial charge in [0.2, 0.25) is 0 Å². The first kappa shape index (κ1) is 17.8. The first-order valence-corrected chi connectivity index (χ1v) is 9.01. The molecule has 25 heavy (non-hydrogen) atoms. The number of benzene rings is 2. The minimum Gasteiger partial charge on any atom is -0.389 e. The van der Waals surface area contributed by atoms with Crippen LogP contribution in [0.15, 0.2) is 54.6 Å². The summed E-state index contributed by atoms with van der Waals surface area (Å²) in [7, 11) is 0. The van der Waals surface area contributed by atoms with E-state index in [1.54, 1.807) is 12.1 Å². The van der Waals surface area contributed by atoms with E-state index in [4.69, 9.17) is 11.6 Å². The largest absolute Gasteiger partial charge is 0.389 e. The lowest BCUT2D eigenvalue weighted by atomic mass is 10.2. The molecule has 0 spiro atoms. The summed E-state index contributed by atoms with van der Waals surface area (Å²) in [4.78, 5) is 14.3. The predicted octanol–water partition coefficient (Wildman–Crippen LogP) is 3.35. The molecule has 3 rings (SSSR count). The second kappa shape index (κ2) is 8.37. The van der Waals surface area contributed by atoms with E-state index in [0.29, 0.717) is 23.0 Å². The van der Waals surface area contributed by atoms with Gasteiger partial charge in [-0.2, -0.15) is 0 Å². The highest BCUT2D eigenvalue weighted by Crippen LogP contribution is 2.31. The SMILES string of the molecule is O=C(NCC(O)CN(CC1CC1)c1ccc(Cl)cc1)c1ccccc1. The molecule has 2 aromatic rings. The molecular formula is C20H23ClN2O2. The van der Waals surface area contributed by atoms with Crippen LogP contribution in [0.4, 0.5) is 5.69 Å². The van der Waals surface area contributed by atoms with Crippen LogP contribution in [-0.4, -0.2) is 36.8 Å². The zero-order valence-corrected chi connectivity index (χ0v) is 14.8. The molecule has 1 unspecified atom stereocenters. The average molecular weight is 359 g/mol. The summed E-state index contributed by atoms with van der Waals surface area (Å²) in [5.74, 6) is 0.529. The summed E-state index contributed by atoms with van der Waals surface area (Å²) >= 11 is 5.97. The number of carbonyl (C=O) groups is 1. The Labute approximate surface area is 153 Å². The van der Waals surface area contributed by atoms with E-state index < -0.39 is 6.10 Å². The Kier molecular flexibility index (Phi) is 5.95. The van der Waals surface area contributed by atoms with Crippen molar-refractivity contribution in [1.82, 2.24) is 5.32 Å². The Morgan fingerprint density at radius 2 is 1.84 bits per heavy atom. The second-order valence-corrected chi connectivity index (χ2v) is 6.99. The zero-order chi connectivity index (χ0) is 17.6. The van der Waals surface area contributed by atoms with Gasteiger partial charge >= 0.3 is 0 Å². The fraction of sp³-hybridized carbons (Fsp3) is 0.350. The molecule has 5 heteroatoms. The molecule has 2 aromatic carbocycles. The van der Waals surface area contributed by atoms with Crippen molar-refractivity contribution >= 4 is 23.2 Å². The number of rotatable bonds is 8. The number of carbonyl (C=O) groups excluding carboxylic acids is 1. The Morgan fingerprint density at radius 3 is 2.48 bits per heavy atom. The molecule has 4 nitrogen and oxygen atoms in total. The zero-order valence-electron chi connectivity index (χ0n) is 14.1. The van der Waals surface area contributed by atoms with E-state index in [0.717, 1.165) is 12.2 Å². The molecule has 132 valence electrons. The van der Waals surface area contributed by atoms with Crippen LogP contribution in [-0.2, 0) is 0 Å². The summed E-state index contributed by atoms with van der Waals surface area (Å²) < 4.78 is 0. The van der Waals surface area contributed by atoms with Crippen molar-refractivity contribution in [3.8, 4) is 0 Å². The van der Waals surface area contributed by atoms with E-state index in [1.165, 1.54) is 12.8 Å². The first-order valence-electron chi connectivity index (χ1n) is 8.63. The highest BCUT2D eigenvalue weighted by atomic mass is 35.5. The van der Waals surface area contributed by atoms with Crippen LogP contribution < -0.4 is 10.2 Å². The third-order valence-corrected chi connectivity index (χ3v) is 4.58. The molecule has 0 aromatic heterocycles. The van der Waals surface area contributed by atoms with E-state index >= 15 is 0 Å². The summed E-state index contributed by atoms with van der Waals surface area (Å²) in [5.41, 5.74) is 1.65. The van der Waals surface area contributed by atoms with Crippen molar-refractivity contribution in [2.24, 2.45) is 5.92 Å². The molecule has 0 saturated heterocycles. The highest BCUT2D eigenvalue weighted by molar-refractivity contribution is 6.30. The summed E-state index contributed by atoms with van der Waals surface area (Å²) in [6.45, 7) is 1.63. The number of hydrogen-bond donors (Lipinski definition) is 2. The number of aliphatic hydroxyl groups excluding tert-OH is 1. The molecule has 1 aliphatic carbocycles. The smallest absolute Gasteiger partial charge is 0.251 e. The van der Waals surface area contributed by atoms with Crippen molar-refractivity contribution in [1.29, 1.82) is 0 Å². The molecule has 0 bridgehead atoms. The third kappa shape index (κ3) is 5.48. The van der Waals surface area contributed by atoms with Gasteiger partial charge < -0.3 is 15.3 Å². The van der Waals surface area contributed by atoms with Gasteiger partial charge in [0.15, 0.2) is 0 Å². The van der Waals surface area contributed by atoms with Gasteiger partial charge in [-0.05, 0) is 55.2 Å². The van der Waals surface area contributed by atoms with Gasteiger partial charge in [0.1, 0.15) is 0 Å². The standard InChI is InChI=1S/C20H23ClN2O2/c21-17-8-10-18(11-9-17)23(13-15-6-7-15)14-19(24)12-22-20(25)16-4-2-1-3-5-16/h1-5,8-11,15,19,24H,6-7,12-14H2,(H,22,25). The maximum Gasteiger partial charge on any atom is 0.251 e. The summed E-state index contributed by atoms with van der Waals surface area (Å²) in [5, 5.41) is 13.9. The van der Waals surface area contributed by atoms with Crippen LogP contribution in [0.25, 0.3) is 0 Å². The van der Waals surface area contributed by atoms with Crippen molar-refractivity contribution in [2.45, 2.75) is 18.9 Å². The van der Waals surface area contributed by atoms with Crippen LogP contribution in [0.1, 0.15) is 23.2 Å². The Morgan fingerprint density at radius 1 is 1.16 bits per heavy atom. The normalized spacial score (nSPS) is 14.8. The fourth-order valence-electron chi connectivity index (χ4n) is 2.77. The lowest BCUT2D eigenvalue weighted by molar-refractivity contribution is 0.0918. The topological polar surface area (TPSA) is 52.6 Å². The molecule has 0 radical (unpaired) electrons. The van der Waals surface area contributed by atoms with Crippen molar-refractivity contribution in [3.05, 3.63) is 65.2 Å². The maximum absolute atomic E-state index is 12.1. The van der Waals surface area contributed by atoms with Crippen LogP contribution in [0.3, 0.4) is 0 Å². The van der Waals surface area contributed by atoms with E-state index in [-0.39, 0.29) is 12.5 Å². The summed E-state index contributed by atoms with van der Waals surface area (Å²) in [6.07, 6.45) is 1.85. The lowest BCUT2D eigenvalue weighted by Gasteiger charge is -2.27. The molecular weight excluding hydrogens is 336 g/mol.